The van der Waals surface area contributed by atoms with Crippen molar-refractivity contribution in [1.29, 1.82) is 5.26 Å². The summed E-state index contributed by atoms with van der Waals surface area (Å²) < 4.78 is 77.6. The maximum atomic E-state index is 13.6. The molecule has 2 amide bonds. The van der Waals surface area contributed by atoms with Crippen molar-refractivity contribution in [3.63, 3.8) is 0 Å². The van der Waals surface area contributed by atoms with Crippen molar-refractivity contribution in [1.82, 2.24) is 5.32 Å². The van der Waals surface area contributed by atoms with Gasteiger partial charge in [0.25, 0.3) is 10.0 Å². The van der Waals surface area contributed by atoms with Crippen LogP contribution in [-0.4, -0.2) is 51.4 Å². The summed E-state index contributed by atoms with van der Waals surface area (Å²) in [5.74, 6) is -0.276. The first kappa shape index (κ1) is 27.6. The van der Waals surface area contributed by atoms with Crippen LogP contribution in [0.25, 0.3) is 0 Å². The summed E-state index contributed by atoms with van der Waals surface area (Å²) >= 11 is 0. The van der Waals surface area contributed by atoms with E-state index in [1.54, 1.807) is 0 Å². The molecular weight excluding hydrogens is 517 g/mol. The van der Waals surface area contributed by atoms with E-state index in [2.05, 4.69) is 15.4 Å². The van der Waals surface area contributed by atoms with Crippen LogP contribution < -0.4 is 19.7 Å². The van der Waals surface area contributed by atoms with E-state index in [9.17, 15) is 31.2 Å². The SMILES string of the molecule is CC(=O)NC[C@H]1CN(S(=O)(=O)c2cccc(C#N)c2)c2cc(NC(=O)OC(C)(C)C(F)(F)F)ccc2O1. The van der Waals surface area contributed by atoms with Gasteiger partial charge in [0.1, 0.15) is 11.9 Å². The molecule has 0 aromatic heterocycles. The van der Waals surface area contributed by atoms with Gasteiger partial charge in [-0.05, 0) is 50.2 Å². The van der Waals surface area contributed by atoms with E-state index in [1.807, 2.05) is 6.07 Å². The predicted octanol–water partition coefficient (Wildman–Crippen LogP) is 3.54. The highest BCUT2D eigenvalue weighted by Crippen LogP contribution is 2.39. The number of hydrogen-bond acceptors (Lipinski definition) is 7. The molecule has 0 bridgehead atoms. The third kappa shape index (κ3) is 6.23. The van der Waals surface area contributed by atoms with Gasteiger partial charge in [-0.2, -0.15) is 18.4 Å². The van der Waals surface area contributed by atoms with Crippen LogP contribution >= 0.6 is 0 Å². The lowest BCUT2D eigenvalue weighted by molar-refractivity contribution is -0.242. The van der Waals surface area contributed by atoms with Crippen molar-refractivity contribution in [3.8, 4) is 11.8 Å². The Bertz CT molecular complexity index is 1350. The number of carbonyl (C=O) groups excluding carboxylic acids is 2. The summed E-state index contributed by atoms with van der Waals surface area (Å²) in [7, 11) is -4.28. The van der Waals surface area contributed by atoms with Gasteiger partial charge < -0.3 is 14.8 Å². The number of sulfonamides is 1. The zero-order chi connectivity index (χ0) is 27.6. The predicted molar refractivity (Wildman–Crippen MR) is 125 cm³/mol. The van der Waals surface area contributed by atoms with Crippen LogP contribution in [0.5, 0.6) is 5.75 Å². The van der Waals surface area contributed by atoms with Gasteiger partial charge in [-0.3, -0.25) is 14.4 Å². The Balaban J connectivity index is 1.98. The topological polar surface area (TPSA) is 138 Å². The monoisotopic (exact) mass is 540 g/mol. The summed E-state index contributed by atoms with van der Waals surface area (Å²) in [5.41, 5.74) is -2.74. The summed E-state index contributed by atoms with van der Waals surface area (Å²) in [4.78, 5) is 23.3. The number of halogens is 3. The average molecular weight is 541 g/mol. The van der Waals surface area contributed by atoms with E-state index in [4.69, 9.17) is 10.00 Å². The van der Waals surface area contributed by atoms with Crippen LogP contribution in [0.4, 0.5) is 29.3 Å². The van der Waals surface area contributed by atoms with E-state index in [0.29, 0.717) is 13.8 Å². The number of nitrogens with zero attached hydrogens (tertiary/aromatic N) is 2. The molecule has 37 heavy (non-hydrogen) atoms. The lowest BCUT2D eigenvalue weighted by Crippen LogP contribution is -2.48. The average Bonchev–Trinajstić information content (AvgIpc) is 2.81. The van der Waals surface area contributed by atoms with Crippen LogP contribution in [0.1, 0.15) is 26.3 Å². The van der Waals surface area contributed by atoms with Crippen molar-refractivity contribution < 1.29 is 40.7 Å². The highest BCUT2D eigenvalue weighted by atomic mass is 32.2. The molecule has 1 aliphatic heterocycles. The number of carbonyl (C=O) groups is 2. The van der Waals surface area contributed by atoms with Crippen molar-refractivity contribution in [3.05, 3.63) is 48.0 Å². The van der Waals surface area contributed by atoms with Crippen LogP contribution in [0.15, 0.2) is 47.4 Å². The molecule has 2 aromatic carbocycles. The number of benzene rings is 2. The van der Waals surface area contributed by atoms with E-state index in [-0.39, 0.29) is 46.6 Å². The summed E-state index contributed by atoms with van der Waals surface area (Å²) in [6, 6.07) is 11.0. The minimum absolute atomic E-state index is 0.0160. The minimum Gasteiger partial charge on any atom is -0.484 e. The van der Waals surface area contributed by atoms with Crippen molar-refractivity contribution in [2.24, 2.45) is 0 Å². The third-order valence-corrected chi connectivity index (χ3v) is 7.07. The molecule has 0 unspecified atom stereocenters. The lowest BCUT2D eigenvalue weighted by atomic mass is 10.1. The normalized spacial score (nSPS) is 15.6. The first-order chi connectivity index (χ1) is 17.1. The van der Waals surface area contributed by atoms with E-state index in [1.165, 1.54) is 49.4 Å². The largest absolute Gasteiger partial charge is 0.484 e. The first-order valence-electron chi connectivity index (χ1n) is 10.8. The van der Waals surface area contributed by atoms with Gasteiger partial charge in [0.15, 0.2) is 0 Å². The molecule has 10 nitrogen and oxygen atoms in total. The fourth-order valence-electron chi connectivity index (χ4n) is 3.27. The number of anilines is 2. The third-order valence-electron chi connectivity index (χ3n) is 5.30. The molecule has 0 saturated carbocycles. The quantitative estimate of drug-likeness (QED) is 0.572. The molecule has 0 radical (unpaired) electrons. The van der Waals surface area contributed by atoms with Gasteiger partial charge in [-0.25, -0.2) is 13.2 Å². The molecule has 0 aliphatic carbocycles. The Labute approximate surface area is 211 Å². The van der Waals surface area contributed by atoms with Gasteiger partial charge in [0.2, 0.25) is 11.5 Å². The lowest BCUT2D eigenvalue weighted by Gasteiger charge is -2.36. The number of fused-ring (bicyclic) bond motifs is 1. The maximum Gasteiger partial charge on any atom is 0.427 e. The van der Waals surface area contributed by atoms with Crippen LogP contribution in [-0.2, 0) is 19.6 Å². The fourth-order valence-corrected chi connectivity index (χ4v) is 4.81. The second-order valence-corrected chi connectivity index (χ2v) is 10.4. The van der Waals surface area contributed by atoms with Gasteiger partial charge in [-0.1, -0.05) is 6.07 Å². The zero-order valence-electron chi connectivity index (χ0n) is 19.9. The molecular formula is C23H23F3N4O6S. The number of rotatable bonds is 6. The Morgan fingerprint density at radius 1 is 1.22 bits per heavy atom. The van der Waals surface area contributed by atoms with E-state index < -0.39 is 34.0 Å². The smallest absolute Gasteiger partial charge is 0.427 e. The molecule has 2 aromatic rings. The molecule has 0 saturated heterocycles. The number of nitrogens with one attached hydrogen (secondary N) is 2. The molecule has 198 valence electrons. The maximum absolute atomic E-state index is 13.6. The highest BCUT2D eigenvalue weighted by Gasteiger charge is 2.51. The van der Waals surface area contributed by atoms with Crippen LogP contribution in [0.3, 0.4) is 0 Å². The fraction of sp³-hybridized carbons (Fsp3) is 0.348. The Morgan fingerprint density at radius 2 is 1.92 bits per heavy atom. The highest BCUT2D eigenvalue weighted by molar-refractivity contribution is 7.92. The molecule has 2 N–H and O–H groups in total. The van der Waals surface area contributed by atoms with Crippen LogP contribution in [0, 0.1) is 11.3 Å². The van der Waals surface area contributed by atoms with Gasteiger partial charge in [0, 0.05) is 12.6 Å². The Hall–Kier alpha value is -3.99. The van der Waals surface area contributed by atoms with Crippen molar-refractivity contribution in [2.75, 3.05) is 22.7 Å². The summed E-state index contributed by atoms with van der Waals surface area (Å²) in [5, 5.41) is 13.9. The summed E-state index contributed by atoms with van der Waals surface area (Å²) in [6.45, 7) is 2.40. The van der Waals surface area contributed by atoms with E-state index in [0.717, 1.165) is 4.31 Å². The Kier molecular flexibility index (Phi) is 7.59. The summed E-state index contributed by atoms with van der Waals surface area (Å²) in [6.07, 6.45) is -7.01. The number of nitriles is 1. The standard InChI is InChI=1S/C23H23F3N4O6S/c1-14(31)28-12-17-13-30(37(33,34)18-6-4-5-15(9-18)11-27)19-10-16(7-8-20(19)35-17)29-21(32)36-22(2,3)23(24,25)26/h4-10,17H,12-13H2,1-3H3,(H,28,31)(H,29,32)/t17-/m0/s1. The van der Waals surface area contributed by atoms with Crippen molar-refractivity contribution in [2.45, 2.75) is 43.5 Å². The number of ether oxygens (including phenoxy) is 2. The Morgan fingerprint density at radius 3 is 2.54 bits per heavy atom. The number of alkyl halides is 3. The van der Waals surface area contributed by atoms with Gasteiger partial charge in [0.05, 0.1) is 35.3 Å². The number of hydrogen-bond donors (Lipinski definition) is 2. The second kappa shape index (κ2) is 10.2. The van der Waals surface area contributed by atoms with Gasteiger partial charge in [-0.15, -0.1) is 0 Å². The molecule has 14 heteroatoms. The van der Waals surface area contributed by atoms with E-state index >= 15 is 0 Å². The molecule has 1 atom stereocenters. The zero-order valence-corrected chi connectivity index (χ0v) is 20.7. The second-order valence-electron chi connectivity index (χ2n) is 8.56. The number of amides is 2. The molecule has 1 heterocycles. The van der Waals surface area contributed by atoms with Gasteiger partial charge >= 0.3 is 12.3 Å². The van der Waals surface area contributed by atoms with Crippen LogP contribution in [0.2, 0.25) is 0 Å². The molecule has 1 aliphatic rings. The minimum atomic E-state index is -4.82. The first-order valence-corrected chi connectivity index (χ1v) is 12.2. The molecule has 3 rings (SSSR count). The molecule has 0 spiro atoms. The van der Waals surface area contributed by atoms with Crippen molar-refractivity contribution >= 4 is 33.4 Å². The molecule has 0 fully saturated rings.